The molecule has 0 saturated heterocycles. The quantitative estimate of drug-likeness (QED) is 0.714. The van der Waals surface area contributed by atoms with Crippen LogP contribution in [0.3, 0.4) is 0 Å². The van der Waals surface area contributed by atoms with Crippen LogP contribution in [0, 0.1) is 0 Å². The van der Waals surface area contributed by atoms with Crippen molar-refractivity contribution in [3.05, 3.63) is 90.5 Å². The maximum Gasteiger partial charge on any atom is 0.251 e. The number of hydrogen-bond acceptors (Lipinski definition) is 3. The Hall–Kier alpha value is -3.27. The van der Waals surface area contributed by atoms with Gasteiger partial charge in [-0.2, -0.15) is 0 Å². The minimum Gasteiger partial charge on any atom is -0.457 e. The highest BCUT2D eigenvalue weighted by Gasteiger charge is 1.99. The molecule has 4 heteroatoms. The molecular weight excluding hydrogens is 300 g/mol. The van der Waals surface area contributed by atoms with Crippen LogP contribution in [0.1, 0.15) is 10.4 Å². The molecule has 0 aliphatic heterocycles. The minimum absolute atomic E-state index is 0.0926. The monoisotopic (exact) mass is 320 g/mol. The number of nitrogens with two attached hydrogens (primary N) is 1. The molecule has 0 aliphatic carbocycles. The van der Waals surface area contributed by atoms with E-state index in [9.17, 15) is 4.79 Å². The summed E-state index contributed by atoms with van der Waals surface area (Å²) in [4.78, 5) is 11.0. The largest absolute Gasteiger partial charge is 0.457 e. The predicted octanol–water partition coefficient (Wildman–Crippen LogP) is 4.11. The van der Waals surface area contributed by atoms with Gasteiger partial charge in [0.05, 0.1) is 0 Å². The van der Waals surface area contributed by atoms with Gasteiger partial charge in [0, 0.05) is 18.3 Å². The van der Waals surface area contributed by atoms with Crippen LogP contribution in [0.5, 0.6) is 11.5 Å². The van der Waals surface area contributed by atoms with E-state index < -0.39 is 0 Å². The van der Waals surface area contributed by atoms with Crippen LogP contribution in [0.15, 0.2) is 84.9 Å². The van der Waals surface area contributed by atoms with Crippen LogP contribution in [0.2, 0.25) is 0 Å². The Morgan fingerprint density at radius 1 is 0.792 bits per heavy atom. The van der Waals surface area contributed by atoms with Crippen LogP contribution in [0.4, 0.5) is 5.69 Å². The van der Waals surface area contributed by atoms with Crippen LogP contribution < -0.4 is 15.8 Å². The smallest absolute Gasteiger partial charge is 0.251 e. The molecule has 24 heavy (non-hydrogen) atoms. The zero-order valence-corrected chi connectivity index (χ0v) is 13.5. The van der Waals surface area contributed by atoms with E-state index in [2.05, 4.69) is 5.32 Å². The molecule has 0 atom stereocenters. The van der Waals surface area contributed by atoms with Crippen molar-refractivity contribution < 1.29 is 9.53 Å². The van der Waals surface area contributed by atoms with E-state index >= 15 is 0 Å². The number of rotatable bonds is 3. The number of para-hydroxylation sites is 2. The van der Waals surface area contributed by atoms with E-state index in [4.69, 9.17) is 10.5 Å². The van der Waals surface area contributed by atoms with Crippen molar-refractivity contribution in [1.82, 2.24) is 5.32 Å². The van der Waals surface area contributed by atoms with Gasteiger partial charge in [0.1, 0.15) is 11.5 Å². The first-order valence-electron chi connectivity index (χ1n) is 7.54. The lowest BCUT2D eigenvalue weighted by Crippen LogP contribution is -2.17. The third-order valence-electron chi connectivity index (χ3n) is 3.12. The first-order chi connectivity index (χ1) is 11.7. The highest BCUT2D eigenvalue weighted by Crippen LogP contribution is 2.19. The van der Waals surface area contributed by atoms with Crippen LogP contribution in [-0.4, -0.2) is 13.0 Å². The number of nitrogen functional groups attached to an aromatic ring is 1. The summed E-state index contributed by atoms with van der Waals surface area (Å²) >= 11 is 0. The number of carbonyl (C=O) groups excluding carboxylic acids is 1. The SMILES string of the molecule is CNC(=O)c1ccc(N)cc1.c1ccc(Oc2ccccc2)cc1. The molecule has 4 nitrogen and oxygen atoms in total. The molecule has 0 aliphatic rings. The normalized spacial score (nSPS) is 9.38. The van der Waals surface area contributed by atoms with Gasteiger partial charge in [0.2, 0.25) is 0 Å². The van der Waals surface area contributed by atoms with Gasteiger partial charge in [-0.15, -0.1) is 0 Å². The highest BCUT2D eigenvalue weighted by atomic mass is 16.5. The van der Waals surface area contributed by atoms with E-state index in [0.717, 1.165) is 11.5 Å². The van der Waals surface area contributed by atoms with E-state index in [-0.39, 0.29) is 5.91 Å². The number of amides is 1. The summed E-state index contributed by atoms with van der Waals surface area (Å²) in [7, 11) is 1.60. The second kappa shape index (κ2) is 9.00. The molecular formula is C20H20N2O2. The molecule has 122 valence electrons. The highest BCUT2D eigenvalue weighted by molar-refractivity contribution is 5.94. The lowest BCUT2D eigenvalue weighted by Gasteiger charge is -2.03. The van der Waals surface area contributed by atoms with E-state index in [0.29, 0.717) is 11.3 Å². The Morgan fingerprint density at radius 2 is 1.25 bits per heavy atom. The van der Waals surface area contributed by atoms with Crippen molar-refractivity contribution in [2.75, 3.05) is 12.8 Å². The Kier molecular flexibility index (Phi) is 6.41. The summed E-state index contributed by atoms with van der Waals surface area (Å²) in [5, 5.41) is 2.52. The predicted molar refractivity (Wildman–Crippen MR) is 97.2 cm³/mol. The molecule has 0 spiro atoms. The molecule has 0 aromatic heterocycles. The molecule has 3 aromatic carbocycles. The van der Waals surface area contributed by atoms with E-state index in [1.165, 1.54) is 0 Å². The number of ether oxygens (including phenoxy) is 1. The number of hydrogen-bond donors (Lipinski definition) is 2. The van der Waals surface area contributed by atoms with Crippen LogP contribution in [-0.2, 0) is 0 Å². The van der Waals surface area contributed by atoms with Crippen molar-refractivity contribution in [3.63, 3.8) is 0 Å². The summed E-state index contributed by atoms with van der Waals surface area (Å²) in [6.45, 7) is 0. The third kappa shape index (κ3) is 5.50. The molecule has 3 N–H and O–H groups in total. The van der Waals surface area contributed by atoms with Crippen LogP contribution >= 0.6 is 0 Å². The summed E-state index contributed by atoms with van der Waals surface area (Å²) in [6.07, 6.45) is 0. The zero-order chi connectivity index (χ0) is 17.2. The van der Waals surface area contributed by atoms with Crippen molar-refractivity contribution in [2.24, 2.45) is 0 Å². The Labute approximate surface area is 141 Å². The molecule has 0 bridgehead atoms. The summed E-state index contributed by atoms with van der Waals surface area (Å²) < 4.78 is 5.58. The fourth-order valence-corrected chi connectivity index (χ4v) is 1.89. The Bertz CT molecular complexity index is 704. The molecule has 0 heterocycles. The average molecular weight is 320 g/mol. The first-order valence-corrected chi connectivity index (χ1v) is 7.54. The van der Waals surface area contributed by atoms with Gasteiger partial charge >= 0.3 is 0 Å². The maximum atomic E-state index is 11.0. The van der Waals surface area contributed by atoms with Gasteiger partial charge in [-0.1, -0.05) is 36.4 Å². The average Bonchev–Trinajstić information content (AvgIpc) is 2.64. The lowest BCUT2D eigenvalue weighted by atomic mass is 10.2. The summed E-state index contributed by atoms with van der Waals surface area (Å²) in [5.41, 5.74) is 6.73. The minimum atomic E-state index is -0.0926. The molecule has 0 radical (unpaired) electrons. The topological polar surface area (TPSA) is 64.4 Å². The fraction of sp³-hybridized carbons (Fsp3) is 0.0500. The Morgan fingerprint density at radius 3 is 1.67 bits per heavy atom. The molecule has 0 saturated carbocycles. The summed E-state index contributed by atoms with van der Waals surface area (Å²) in [5.74, 6) is 1.65. The zero-order valence-electron chi connectivity index (χ0n) is 13.5. The van der Waals surface area contributed by atoms with Crippen molar-refractivity contribution >= 4 is 11.6 Å². The van der Waals surface area contributed by atoms with Gasteiger partial charge in [0.25, 0.3) is 5.91 Å². The molecule has 0 fully saturated rings. The van der Waals surface area contributed by atoms with Crippen molar-refractivity contribution in [1.29, 1.82) is 0 Å². The number of carbonyl (C=O) groups is 1. The van der Waals surface area contributed by atoms with E-state index in [1.807, 2.05) is 60.7 Å². The second-order valence-electron chi connectivity index (χ2n) is 4.93. The first kappa shape index (κ1) is 17.1. The van der Waals surface area contributed by atoms with Crippen molar-refractivity contribution in [2.45, 2.75) is 0 Å². The molecule has 0 unspecified atom stereocenters. The second-order valence-corrected chi connectivity index (χ2v) is 4.93. The van der Waals surface area contributed by atoms with Gasteiger partial charge in [0.15, 0.2) is 0 Å². The third-order valence-corrected chi connectivity index (χ3v) is 3.12. The van der Waals surface area contributed by atoms with Gasteiger partial charge in [-0.3, -0.25) is 4.79 Å². The number of benzene rings is 3. The lowest BCUT2D eigenvalue weighted by molar-refractivity contribution is 0.0963. The molecule has 1 amide bonds. The standard InChI is InChI=1S/C12H10O.C8H10N2O/c1-3-7-11(8-4-1)13-12-9-5-2-6-10-12;1-10-8(11)6-2-4-7(9)5-3-6/h1-10H;2-5H,9H2,1H3,(H,10,11). The molecule has 3 rings (SSSR count). The molecule has 3 aromatic rings. The van der Waals surface area contributed by atoms with Gasteiger partial charge < -0.3 is 15.8 Å². The number of anilines is 1. The number of nitrogens with one attached hydrogen (secondary N) is 1. The summed E-state index contributed by atoms with van der Waals surface area (Å²) in [6, 6.07) is 26.3. The van der Waals surface area contributed by atoms with E-state index in [1.54, 1.807) is 31.3 Å². The van der Waals surface area contributed by atoms with Crippen molar-refractivity contribution in [3.8, 4) is 11.5 Å². The van der Waals surface area contributed by atoms with Crippen LogP contribution in [0.25, 0.3) is 0 Å². The van der Waals surface area contributed by atoms with Gasteiger partial charge in [-0.05, 0) is 48.5 Å². The Balaban J connectivity index is 0.000000177. The van der Waals surface area contributed by atoms with Gasteiger partial charge in [-0.25, -0.2) is 0 Å². The maximum absolute atomic E-state index is 11.0. The fourth-order valence-electron chi connectivity index (χ4n) is 1.89.